The van der Waals surface area contributed by atoms with Crippen molar-refractivity contribution in [2.75, 3.05) is 18.4 Å². The van der Waals surface area contributed by atoms with Gasteiger partial charge in [-0.15, -0.1) is 5.10 Å². The molecule has 0 aromatic carbocycles. The summed E-state index contributed by atoms with van der Waals surface area (Å²) in [5.41, 5.74) is 0. The second-order valence-electron chi connectivity index (χ2n) is 5.21. The maximum absolute atomic E-state index is 12.2. The maximum Gasteiger partial charge on any atom is 0.315 e. The van der Waals surface area contributed by atoms with Gasteiger partial charge in [-0.2, -0.15) is 4.31 Å². The Morgan fingerprint density at radius 3 is 2.74 bits per heavy atom. The van der Waals surface area contributed by atoms with Gasteiger partial charge in [-0.3, -0.25) is 0 Å². The molecule has 1 N–H and O–H groups in total. The monoisotopic (exact) mass is 286 g/mol. The number of anilines is 1. The quantitative estimate of drug-likeness (QED) is 0.878. The molecule has 1 aromatic rings. The number of sulfonamides is 1. The molecule has 7 nitrogen and oxygen atoms in total. The second-order valence-corrected chi connectivity index (χ2v) is 7.43. The largest absolute Gasteiger partial charge is 0.408 e. The van der Waals surface area contributed by atoms with E-state index in [9.17, 15) is 8.42 Å². The van der Waals surface area contributed by atoms with E-state index in [1.807, 2.05) is 0 Å². The Bertz CT molecular complexity index is 552. The highest BCUT2D eigenvalue weighted by atomic mass is 32.2. The van der Waals surface area contributed by atoms with Crippen molar-refractivity contribution >= 4 is 16.0 Å². The lowest BCUT2D eigenvalue weighted by molar-refractivity contribution is 0.323. The van der Waals surface area contributed by atoms with Crippen LogP contribution in [-0.2, 0) is 10.0 Å². The van der Waals surface area contributed by atoms with Crippen molar-refractivity contribution in [2.24, 2.45) is 0 Å². The Labute approximate surface area is 112 Å². The van der Waals surface area contributed by atoms with Gasteiger partial charge in [-0.05, 0) is 25.7 Å². The molecule has 106 valence electrons. The highest BCUT2D eigenvalue weighted by Crippen LogP contribution is 2.32. The number of hydrogen-bond acceptors (Lipinski definition) is 6. The fourth-order valence-electron chi connectivity index (χ4n) is 2.40. The Morgan fingerprint density at radius 2 is 2.11 bits per heavy atom. The summed E-state index contributed by atoms with van der Waals surface area (Å²) in [4.78, 5) is 0. The minimum Gasteiger partial charge on any atom is -0.408 e. The van der Waals surface area contributed by atoms with Crippen LogP contribution in [0.1, 0.15) is 31.6 Å². The standard InChI is InChI=1S/C11H18N4O3S/c1-8-13-14-11(18-8)12-9-3-2-6-15(7-9)19(16,17)10-4-5-10/h9-10H,2-7H2,1H3,(H,12,14)/t9-/m1/s1. The van der Waals surface area contributed by atoms with E-state index in [2.05, 4.69) is 15.5 Å². The van der Waals surface area contributed by atoms with Gasteiger partial charge in [0, 0.05) is 26.1 Å². The first-order valence-electron chi connectivity index (χ1n) is 6.61. The van der Waals surface area contributed by atoms with Crippen LogP contribution in [0, 0.1) is 6.92 Å². The van der Waals surface area contributed by atoms with Crippen LogP contribution in [-0.4, -0.2) is 47.3 Å². The summed E-state index contributed by atoms with van der Waals surface area (Å²) in [7, 11) is -3.08. The first-order chi connectivity index (χ1) is 9.05. The molecule has 1 atom stereocenters. The third kappa shape index (κ3) is 2.74. The van der Waals surface area contributed by atoms with Crippen LogP contribution in [0.4, 0.5) is 6.01 Å². The number of aromatic nitrogens is 2. The minimum atomic E-state index is -3.08. The molecule has 1 aliphatic carbocycles. The highest BCUT2D eigenvalue weighted by molar-refractivity contribution is 7.90. The van der Waals surface area contributed by atoms with Gasteiger partial charge >= 0.3 is 6.01 Å². The van der Waals surface area contributed by atoms with Crippen LogP contribution >= 0.6 is 0 Å². The molecule has 0 spiro atoms. The predicted octanol–water partition coefficient (Wildman–Crippen LogP) is 0.747. The van der Waals surface area contributed by atoms with Crippen LogP contribution in [0.15, 0.2) is 4.42 Å². The topological polar surface area (TPSA) is 88.3 Å². The molecule has 0 radical (unpaired) electrons. The van der Waals surface area contributed by atoms with Gasteiger partial charge in [-0.1, -0.05) is 5.10 Å². The van der Waals surface area contributed by atoms with Gasteiger partial charge in [0.1, 0.15) is 0 Å². The lowest BCUT2D eigenvalue weighted by atomic mass is 10.1. The number of nitrogens with zero attached hydrogens (tertiary/aromatic N) is 3. The van der Waals surface area contributed by atoms with Crippen LogP contribution < -0.4 is 5.32 Å². The van der Waals surface area contributed by atoms with Crippen molar-refractivity contribution in [2.45, 2.75) is 43.9 Å². The van der Waals surface area contributed by atoms with Gasteiger partial charge in [0.05, 0.1) is 5.25 Å². The zero-order chi connectivity index (χ0) is 13.5. The van der Waals surface area contributed by atoms with E-state index in [1.165, 1.54) is 0 Å². The van der Waals surface area contributed by atoms with Crippen molar-refractivity contribution in [1.29, 1.82) is 0 Å². The Morgan fingerprint density at radius 1 is 1.32 bits per heavy atom. The molecule has 1 aliphatic heterocycles. The molecule has 2 aliphatic rings. The molecule has 2 heterocycles. The van der Waals surface area contributed by atoms with E-state index >= 15 is 0 Å². The smallest absolute Gasteiger partial charge is 0.315 e. The summed E-state index contributed by atoms with van der Waals surface area (Å²) in [6, 6.07) is 0.412. The third-order valence-corrected chi connectivity index (χ3v) is 5.91. The minimum absolute atomic E-state index is 0.0436. The van der Waals surface area contributed by atoms with Crippen molar-refractivity contribution in [1.82, 2.24) is 14.5 Å². The van der Waals surface area contributed by atoms with Gasteiger partial charge < -0.3 is 9.73 Å². The average Bonchev–Trinajstić information content (AvgIpc) is 3.16. The fourth-order valence-corrected chi connectivity index (χ4v) is 4.32. The van der Waals surface area contributed by atoms with Crippen LogP contribution in [0.5, 0.6) is 0 Å². The summed E-state index contributed by atoms with van der Waals surface area (Å²) < 4.78 is 31.3. The first kappa shape index (κ1) is 12.9. The molecule has 0 bridgehead atoms. The van der Waals surface area contributed by atoms with Gasteiger partial charge in [0.15, 0.2) is 0 Å². The highest BCUT2D eigenvalue weighted by Gasteiger charge is 2.41. The SMILES string of the molecule is Cc1nnc(N[C@@H]2CCCN(S(=O)(=O)C3CC3)C2)o1. The molecule has 1 saturated carbocycles. The summed E-state index contributed by atoms with van der Waals surface area (Å²) in [5.74, 6) is 0.501. The summed E-state index contributed by atoms with van der Waals surface area (Å²) in [6.07, 6.45) is 3.38. The molecule has 3 rings (SSSR count). The van der Waals surface area contributed by atoms with Crippen LogP contribution in [0.3, 0.4) is 0 Å². The summed E-state index contributed by atoms with van der Waals surface area (Å²) >= 11 is 0. The molecule has 1 saturated heterocycles. The molecule has 8 heteroatoms. The molecular weight excluding hydrogens is 268 g/mol. The zero-order valence-electron chi connectivity index (χ0n) is 10.9. The van der Waals surface area contributed by atoms with Crippen LogP contribution in [0.2, 0.25) is 0 Å². The van der Waals surface area contributed by atoms with E-state index in [-0.39, 0.29) is 11.3 Å². The maximum atomic E-state index is 12.2. The average molecular weight is 286 g/mol. The zero-order valence-corrected chi connectivity index (χ0v) is 11.7. The van der Waals surface area contributed by atoms with Crippen molar-refractivity contribution in [3.63, 3.8) is 0 Å². The molecule has 0 unspecified atom stereocenters. The van der Waals surface area contributed by atoms with E-state index in [0.29, 0.717) is 25.0 Å². The van der Waals surface area contributed by atoms with Crippen LogP contribution in [0.25, 0.3) is 0 Å². The van der Waals surface area contributed by atoms with Gasteiger partial charge in [-0.25, -0.2) is 8.42 Å². The lowest BCUT2D eigenvalue weighted by Gasteiger charge is -2.31. The van der Waals surface area contributed by atoms with Crippen molar-refractivity contribution in [3.8, 4) is 0 Å². The van der Waals surface area contributed by atoms with Gasteiger partial charge in [0.2, 0.25) is 15.9 Å². The first-order valence-corrected chi connectivity index (χ1v) is 8.11. The number of rotatable bonds is 4. The molecule has 19 heavy (non-hydrogen) atoms. The van der Waals surface area contributed by atoms with Crippen molar-refractivity contribution in [3.05, 3.63) is 5.89 Å². The Kier molecular flexibility index (Phi) is 3.22. The fraction of sp³-hybridized carbons (Fsp3) is 0.818. The lowest BCUT2D eigenvalue weighted by Crippen LogP contribution is -2.46. The number of nitrogens with one attached hydrogen (secondary N) is 1. The number of aryl methyl sites for hydroxylation is 1. The molecule has 2 fully saturated rings. The molecule has 1 aromatic heterocycles. The number of hydrogen-bond donors (Lipinski definition) is 1. The van der Waals surface area contributed by atoms with Crippen molar-refractivity contribution < 1.29 is 12.8 Å². The van der Waals surface area contributed by atoms with E-state index in [0.717, 1.165) is 25.7 Å². The second kappa shape index (κ2) is 4.75. The van der Waals surface area contributed by atoms with Gasteiger partial charge in [0.25, 0.3) is 0 Å². The number of piperidine rings is 1. The Hall–Kier alpha value is -1.15. The summed E-state index contributed by atoms with van der Waals surface area (Å²) in [6.45, 7) is 2.84. The molecule has 0 amide bonds. The predicted molar refractivity (Wildman–Crippen MR) is 69.2 cm³/mol. The molecular formula is C11H18N4O3S. The van der Waals surface area contributed by atoms with E-state index < -0.39 is 10.0 Å². The summed E-state index contributed by atoms with van der Waals surface area (Å²) in [5, 5.41) is 10.6. The normalized spacial score (nSPS) is 25.4. The van der Waals surface area contributed by atoms with E-state index in [1.54, 1.807) is 11.2 Å². The van der Waals surface area contributed by atoms with E-state index in [4.69, 9.17) is 4.42 Å². The third-order valence-electron chi connectivity index (χ3n) is 3.54. The Balaban J connectivity index is 1.64.